The van der Waals surface area contributed by atoms with Crippen molar-refractivity contribution in [3.8, 4) is 0 Å². The summed E-state index contributed by atoms with van der Waals surface area (Å²) >= 11 is 0. The Morgan fingerprint density at radius 1 is 1.27 bits per heavy atom. The molecule has 1 heterocycles. The molecule has 1 saturated carbocycles. The Balaban J connectivity index is 1.44. The summed E-state index contributed by atoms with van der Waals surface area (Å²) in [5.41, 5.74) is 8.02. The number of hydrogen-bond acceptors (Lipinski definition) is 4. The van der Waals surface area contributed by atoms with Crippen molar-refractivity contribution in [3.63, 3.8) is 0 Å². The van der Waals surface area contributed by atoms with Gasteiger partial charge in [0, 0.05) is 5.69 Å². The number of benzene rings is 1. The fourth-order valence-corrected chi connectivity index (χ4v) is 4.50. The van der Waals surface area contributed by atoms with Crippen LogP contribution in [0.4, 0.5) is 10.5 Å². The summed E-state index contributed by atoms with van der Waals surface area (Å²) in [7, 11) is 0. The van der Waals surface area contributed by atoms with Crippen molar-refractivity contribution in [2.75, 3.05) is 12.3 Å². The van der Waals surface area contributed by atoms with Gasteiger partial charge < -0.3 is 16.4 Å². The van der Waals surface area contributed by atoms with Crippen molar-refractivity contribution in [1.82, 2.24) is 15.5 Å². The molecule has 2 fully saturated rings. The van der Waals surface area contributed by atoms with E-state index in [1.54, 1.807) is 0 Å². The highest BCUT2D eigenvalue weighted by Gasteiger charge is 2.52. The topological polar surface area (TPSA) is 105 Å². The Bertz CT molecular complexity index is 770. The molecule has 1 aliphatic heterocycles. The third-order valence-electron chi connectivity index (χ3n) is 5.82. The van der Waals surface area contributed by atoms with Crippen molar-refractivity contribution in [2.45, 2.75) is 56.5 Å². The SMILES string of the molecule is Nc1ccc2c(c1)CCCC2NC(=O)CN1C(=O)NC2(CCCC2)C1=O. The Hall–Kier alpha value is -2.57. The van der Waals surface area contributed by atoms with Crippen LogP contribution in [-0.4, -0.2) is 34.8 Å². The van der Waals surface area contributed by atoms with Crippen LogP contribution in [0.3, 0.4) is 0 Å². The molecular weight excluding hydrogens is 332 g/mol. The number of urea groups is 1. The smallest absolute Gasteiger partial charge is 0.325 e. The monoisotopic (exact) mass is 356 g/mol. The highest BCUT2D eigenvalue weighted by atomic mass is 16.2. The molecule has 1 atom stereocenters. The molecule has 4 amide bonds. The van der Waals surface area contributed by atoms with Gasteiger partial charge in [0.2, 0.25) is 5.91 Å². The molecule has 7 nitrogen and oxygen atoms in total. The summed E-state index contributed by atoms with van der Waals surface area (Å²) in [4.78, 5) is 38.5. The van der Waals surface area contributed by atoms with Gasteiger partial charge >= 0.3 is 6.03 Å². The molecule has 4 rings (SSSR count). The summed E-state index contributed by atoms with van der Waals surface area (Å²) in [5.74, 6) is -0.565. The maximum absolute atomic E-state index is 12.7. The number of nitrogens with zero attached hydrogens (tertiary/aromatic N) is 1. The molecule has 1 spiro atoms. The summed E-state index contributed by atoms with van der Waals surface area (Å²) in [6, 6.07) is 5.19. The molecule has 2 aliphatic carbocycles. The normalized spacial score (nSPS) is 23.8. The first-order chi connectivity index (χ1) is 12.5. The van der Waals surface area contributed by atoms with Gasteiger partial charge in [-0.25, -0.2) is 4.79 Å². The number of nitrogens with two attached hydrogens (primary N) is 1. The lowest BCUT2D eigenvalue weighted by Crippen LogP contribution is -2.45. The molecule has 0 radical (unpaired) electrons. The molecule has 0 bridgehead atoms. The Kier molecular flexibility index (Phi) is 4.09. The van der Waals surface area contributed by atoms with Gasteiger partial charge in [0.25, 0.3) is 5.91 Å². The number of amides is 4. The van der Waals surface area contributed by atoms with Gasteiger partial charge in [-0.15, -0.1) is 0 Å². The number of hydrogen-bond donors (Lipinski definition) is 3. The average Bonchev–Trinajstić information content (AvgIpc) is 3.16. The zero-order chi connectivity index (χ0) is 18.3. The number of fused-ring (bicyclic) bond motifs is 1. The Labute approximate surface area is 152 Å². The molecule has 3 aliphatic rings. The van der Waals surface area contributed by atoms with E-state index in [0.29, 0.717) is 12.8 Å². The molecule has 26 heavy (non-hydrogen) atoms. The largest absolute Gasteiger partial charge is 0.399 e. The minimum absolute atomic E-state index is 0.104. The molecule has 1 saturated heterocycles. The average molecular weight is 356 g/mol. The minimum Gasteiger partial charge on any atom is -0.399 e. The van der Waals surface area contributed by atoms with Gasteiger partial charge in [0.1, 0.15) is 12.1 Å². The summed E-state index contributed by atoms with van der Waals surface area (Å²) in [5, 5.41) is 5.79. The fraction of sp³-hybridized carbons (Fsp3) is 0.526. The molecule has 1 aromatic rings. The lowest BCUT2D eigenvalue weighted by atomic mass is 9.87. The van der Waals surface area contributed by atoms with E-state index in [9.17, 15) is 14.4 Å². The van der Waals surface area contributed by atoms with Crippen LogP contribution in [0.2, 0.25) is 0 Å². The van der Waals surface area contributed by atoms with Crippen molar-refractivity contribution in [3.05, 3.63) is 29.3 Å². The van der Waals surface area contributed by atoms with Gasteiger partial charge in [-0.1, -0.05) is 18.9 Å². The van der Waals surface area contributed by atoms with E-state index in [4.69, 9.17) is 5.73 Å². The molecule has 0 aromatic heterocycles. The number of rotatable bonds is 3. The van der Waals surface area contributed by atoms with Crippen LogP contribution in [0.15, 0.2) is 18.2 Å². The number of carbonyl (C=O) groups is 3. The van der Waals surface area contributed by atoms with Crippen LogP contribution in [-0.2, 0) is 16.0 Å². The number of nitrogen functional groups attached to an aromatic ring is 1. The molecular formula is C19H24N4O3. The van der Waals surface area contributed by atoms with Crippen LogP contribution >= 0.6 is 0 Å². The highest BCUT2D eigenvalue weighted by Crippen LogP contribution is 2.35. The first kappa shape index (κ1) is 16.9. The quantitative estimate of drug-likeness (QED) is 0.565. The van der Waals surface area contributed by atoms with E-state index in [0.717, 1.165) is 53.8 Å². The number of imide groups is 1. The predicted octanol–water partition coefficient (Wildman–Crippen LogP) is 1.63. The van der Waals surface area contributed by atoms with E-state index in [-0.39, 0.29) is 24.4 Å². The number of aryl methyl sites for hydroxylation is 1. The van der Waals surface area contributed by atoms with E-state index in [2.05, 4.69) is 10.6 Å². The van der Waals surface area contributed by atoms with Crippen molar-refractivity contribution < 1.29 is 14.4 Å². The number of anilines is 1. The van der Waals surface area contributed by atoms with E-state index < -0.39 is 11.6 Å². The minimum atomic E-state index is -0.771. The second-order valence-electron chi connectivity index (χ2n) is 7.58. The fourth-order valence-electron chi connectivity index (χ4n) is 4.50. The second-order valence-corrected chi connectivity index (χ2v) is 7.58. The van der Waals surface area contributed by atoms with E-state index >= 15 is 0 Å². The van der Waals surface area contributed by atoms with Gasteiger partial charge in [-0.2, -0.15) is 0 Å². The Morgan fingerprint density at radius 2 is 2.04 bits per heavy atom. The maximum atomic E-state index is 12.7. The van der Waals surface area contributed by atoms with Crippen molar-refractivity contribution >= 4 is 23.5 Å². The molecule has 4 N–H and O–H groups in total. The summed E-state index contributed by atoms with van der Waals surface area (Å²) < 4.78 is 0. The first-order valence-corrected chi connectivity index (χ1v) is 9.30. The zero-order valence-electron chi connectivity index (χ0n) is 14.7. The number of nitrogens with one attached hydrogen (secondary N) is 2. The summed E-state index contributed by atoms with van der Waals surface area (Å²) in [6.07, 6.45) is 5.92. The maximum Gasteiger partial charge on any atom is 0.325 e. The van der Waals surface area contributed by atoms with Crippen LogP contribution < -0.4 is 16.4 Å². The van der Waals surface area contributed by atoms with Gasteiger partial charge in [0.15, 0.2) is 0 Å². The number of carbonyl (C=O) groups excluding carboxylic acids is 3. The van der Waals surface area contributed by atoms with Gasteiger partial charge in [-0.3, -0.25) is 14.5 Å². The molecule has 1 unspecified atom stereocenters. The Morgan fingerprint density at radius 3 is 2.81 bits per heavy atom. The second kappa shape index (κ2) is 6.30. The first-order valence-electron chi connectivity index (χ1n) is 9.30. The molecule has 1 aromatic carbocycles. The predicted molar refractivity (Wildman–Crippen MR) is 96.1 cm³/mol. The molecule has 7 heteroatoms. The van der Waals surface area contributed by atoms with Gasteiger partial charge in [0.05, 0.1) is 6.04 Å². The van der Waals surface area contributed by atoms with Gasteiger partial charge in [-0.05, 0) is 55.4 Å². The third-order valence-corrected chi connectivity index (χ3v) is 5.82. The summed E-state index contributed by atoms with van der Waals surface area (Å²) in [6.45, 7) is -0.229. The van der Waals surface area contributed by atoms with Crippen LogP contribution in [0.5, 0.6) is 0 Å². The van der Waals surface area contributed by atoms with E-state index in [1.165, 1.54) is 0 Å². The molecule has 138 valence electrons. The van der Waals surface area contributed by atoms with Crippen LogP contribution in [0.1, 0.15) is 55.7 Å². The van der Waals surface area contributed by atoms with Crippen LogP contribution in [0, 0.1) is 0 Å². The lowest BCUT2D eigenvalue weighted by molar-refractivity contribution is -0.135. The van der Waals surface area contributed by atoms with Crippen LogP contribution in [0.25, 0.3) is 0 Å². The third kappa shape index (κ3) is 2.81. The lowest BCUT2D eigenvalue weighted by Gasteiger charge is -2.27. The zero-order valence-corrected chi connectivity index (χ0v) is 14.7. The van der Waals surface area contributed by atoms with Crippen molar-refractivity contribution in [1.29, 1.82) is 0 Å². The highest BCUT2D eigenvalue weighted by molar-refractivity contribution is 6.09. The standard InChI is InChI=1S/C19H24N4O3/c20-13-6-7-14-12(10-13)4-3-5-15(14)21-16(24)11-23-17(25)19(22-18(23)26)8-1-2-9-19/h6-7,10,15H,1-5,8-9,11,20H2,(H,21,24)(H,22,26). The van der Waals surface area contributed by atoms with E-state index in [1.807, 2.05) is 18.2 Å². The van der Waals surface area contributed by atoms with Crippen molar-refractivity contribution in [2.24, 2.45) is 0 Å².